The van der Waals surface area contributed by atoms with Crippen LogP contribution in [0, 0.1) is 0 Å². The molecule has 10 heteroatoms. The Balaban J connectivity index is 0.00000204. The van der Waals surface area contributed by atoms with Gasteiger partial charge in [0.2, 0.25) is 0 Å². The van der Waals surface area contributed by atoms with Crippen LogP contribution >= 0.6 is 13.5 Å². The molecule has 4 aromatic heterocycles. The molecule has 0 bridgehead atoms. The van der Waals surface area contributed by atoms with Crippen molar-refractivity contribution < 1.29 is 0 Å². The van der Waals surface area contributed by atoms with Gasteiger partial charge in [-0.15, -0.1) is 0 Å². The molecule has 0 saturated carbocycles. The predicted molar refractivity (Wildman–Crippen MR) is 122 cm³/mol. The fraction of sp³-hybridized carbons (Fsp3) is 0.190. The van der Waals surface area contributed by atoms with Crippen LogP contribution in [0.3, 0.4) is 0 Å². The van der Waals surface area contributed by atoms with Crippen molar-refractivity contribution in [2.75, 3.05) is 11.4 Å². The van der Waals surface area contributed by atoms with E-state index >= 15 is 0 Å². The van der Waals surface area contributed by atoms with Crippen LogP contribution in [0.1, 0.15) is 24.7 Å². The molecule has 0 amide bonds. The first-order chi connectivity index (χ1) is 14.8. The summed E-state index contributed by atoms with van der Waals surface area (Å²) in [5, 5.41) is 4.87. The lowest BCUT2D eigenvalue weighted by atomic mass is 10.2. The van der Waals surface area contributed by atoms with Crippen molar-refractivity contribution >= 4 is 36.0 Å². The number of nitrogens with one attached hydrogen (secondary N) is 1. The minimum atomic E-state index is -0.105. The predicted octanol–water partition coefficient (Wildman–Crippen LogP) is 2.61. The molecule has 31 heavy (non-hydrogen) atoms. The van der Waals surface area contributed by atoms with Gasteiger partial charge in [-0.05, 0) is 37.1 Å². The van der Waals surface area contributed by atoms with Gasteiger partial charge in [0, 0.05) is 12.7 Å². The van der Waals surface area contributed by atoms with E-state index in [9.17, 15) is 4.79 Å². The minimum absolute atomic E-state index is 0. The number of aromatic nitrogens is 7. The van der Waals surface area contributed by atoms with Crippen LogP contribution < -0.4 is 10.5 Å². The third kappa shape index (κ3) is 2.98. The van der Waals surface area contributed by atoms with E-state index in [1.807, 2.05) is 42.6 Å². The molecule has 6 rings (SSSR count). The molecule has 9 nitrogen and oxygen atoms in total. The van der Waals surface area contributed by atoms with Gasteiger partial charge >= 0.3 is 0 Å². The summed E-state index contributed by atoms with van der Waals surface area (Å²) in [6.07, 6.45) is 6.80. The van der Waals surface area contributed by atoms with Gasteiger partial charge in [-0.1, -0.05) is 18.2 Å². The number of H-pyrrole nitrogens is 1. The zero-order chi connectivity index (χ0) is 20.1. The molecule has 1 aliphatic rings. The van der Waals surface area contributed by atoms with Crippen molar-refractivity contribution in [1.82, 2.24) is 34.1 Å². The van der Waals surface area contributed by atoms with Crippen LogP contribution in [-0.4, -0.2) is 40.7 Å². The quantitative estimate of drug-likeness (QED) is 0.471. The van der Waals surface area contributed by atoms with Crippen LogP contribution in [0.25, 0.3) is 22.4 Å². The topological polar surface area (TPSA) is 97.0 Å². The first kappa shape index (κ1) is 19.3. The Labute approximate surface area is 183 Å². The average Bonchev–Trinajstić information content (AvgIpc) is 3.53. The molecule has 1 saturated heterocycles. The summed E-state index contributed by atoms with van der Waals surface area (Å²) in [4.78, 5) is 31.8. The number of imidazole rings is 1. The van der Waals surface area contributed by atoms with Crippen molar-refractivity contribution in [3.63, 3.8) is 0 Å². The summed E-state index contributed by atoms with van der Waals surface area (Å²) in [5.74, 6) is 1.47. The highest BCUT2D eigenvalue weighted by molar-refractivity contribution is 7.59. The molecule has 1 N–H and O–H groups in total. The van der Waals surface area contributed by atoms with E-state index in [-0.39, 0.29) is 25.1 Å². The molecular formula is C21H20N8OS. The summed E-state index contributed by atoms with van der Waals surface area (Å²) in [5.41, 5.74) is 2.68. The highest BCUT2D eigenvalue weighted by Gasteiger charge is 2.33. The summed E-state index contributed by atoms with van der Waals surface area (Å²) < 4.78 is 3.39. The molecule has 5 heterocycles. The smallest absolute Gasteiger partial charge is 0.282 e. The molecule has 5 aromatic rings. The molecular weight excluding hydrogens is 412 g/mol. The SMILES string of the molecule is O=c1c2cccn2nc([C@@H]2CCCN2c2ncnc3nc[nH]c23)n1-c1ccccc1.S. The van der Waals surface area contributed by atoms with E-state index in [0.29, 0.717) is 17.0 Å². The Kier molecular flexibility index (Phi) is 4.70. The first-order valence-corrected chi connectivity index (χ1v) is 9.88. The van der Waals surface area contributed by atoms with Crippen LogP contribution in [0.5, 0.6) is 0 Å². The van der Waals surface area contributed by atoms with Crippen molar-refractivity contribution in [1.29, 1.82) is 0 Å². The molecule has 0 aliphatic carbocycles. The maximum absolute atomic E-state index is 13.4. The summed E-state index contributed by atoms with van der Waals surface area (Å²) in [6, 6.07) is 13.2. The number of benzene rings is 1. The largest absolute Gasteiger partial charge is 0.344 e. The fourth-order valence-electron chi connectivity index (χ4n) is 4.30. The third-order valence-corrected chi connectivity index (χ3v) is 5.63. The van der Waals surface area contributed by atoms with Crippen LogP contribution in [0.15, 0.2) is 66.1 Å². The molecule has 0 radical (unpaired) electrons. The van der Waals surface area contributed by atoms with Gasteiger partial charge in [-0.25, -0.2) is 19.5 Å². The highest BCUT2D eigenvalue weighted by Crippen LogP contribution is 2.36. The number of hydrogen-bond acceptors (Lipinski definition) is 6. The van der Waals surface area contributed by atoms with E-state index in [0.717, 1.165) is 36.4 Å². The van der Waals surface area contributed by atoms with Crippen molar-refractivity contribution in [3.8, 4) is 5.69 Å². The Morgan fingerprint density at radius 3 is 2.77 bits per heavy atom. The van der Waals surface area contributed by atoms with Gasteiger partial charge < -0.3 is 9.88 Å². The molecule has 1 aromatic carbocycles. The lowest BCUT2D eigenvalue weighted by Gasteiger charge is -2.27. The Bertz CT molecular complexity index is 1420. The van der Waals surface area contributed by atoms with Crippen LogP contribution in [-0.2, 0) is 0 Å². The lowest BCUT2D eigenvalue weighted by molar-refractivity contribution is 0.602. The second-order valence-corrected chi connectivity index (χ2v) is 7.32. The first-order valence-electron chi connectivity index (χ1n) is 9.88. The van der Waals surface area contributed by atoms with Crippen molar-refractivity contribution in [2.45, 2.75) is 18.9 Å². The van der Waals surface area contributed by atoms with Gasteiger partial charge in [0.05, 0.1) is 18.1 Å². The maximum Gasteiger partial charge on any atom is 0.282 e. The van der Waals surface area contributed by atoms with E-state index in [4.69, 9.17) is 5.10 Å². The van der Waals surface area contributed by atoms with Crippen molar-refractivity contribution in [3.05, 3.63) is 77.5 Å². The standard InChI is InChI=1S/C21H18N8O.H2S/c30-21-16-9-5-11-28(16)26-19(29(21)14-6-2-1-3-7-14)15-8-4-10-27(15)20-17-18(23-12-22-17)24-13-25-20;/h1-3,5-7,9,11-13,15H,4,8,10H2,(H,22,23,24,25);1H2/t15-;/m0./s1. The maximum atomic E-state index is 13.4. The van der Waals surface area contributed by atoms with E-state index < -0.39 is 0 Å². The van der Waals surface area contributed by atoms with Gasteiger partial charge in [0.25, 0.3) is 5.56 Å². The van der Waals surface area contributed by atoms with E-state index in [1.54, 1.807) is 21.5 Å². The monoisotopic (exact) mass is 432 g/mol. The summed E-state index contributed by atoms with van der Waals surface area (Å²) >= 11 is 0. The van der Waals surface area contributed by atoms with Crippen LogP contribution in [0.2, 0.25) is 0 Å². The number of para-hydroxylation sites is 1. The van der Waals surface area contributed by atoms with Gasteiger partial charge in [0.15, 0.2) is 17.3 Å². The number of aromatic amines is 1. The zero-order valence-electron chi connectivity index (χ0n) is 16.5. The molecule has 1 aliphatic heterocycles. The van der Waals surface area contributed by atoms with Gasteiger partial charge in [-0.2, -0.15) is 18.6 Å². The van der Waals surface area contributed by atoms with E-state index in [1.165, 1.54) is 6.33 Å². The number of nitrogens with zero attached hydrogens (tertiary/aromatic N) is 7. The van der Waals surface area contributed by atoms with Crippen LogP contribution in [0.4, 0.5) is 5.82 Å². The lowest BCUT2D eigenvalue weighted by Crippen LogP contribution is -2.33. The molecule has 1 atom stereocenters. The Morgan fingerprint density at radius 2 is 1.90 bits per heavy atom. The number of fused-ring (bicyclic) bond motifs is 2. The normalized spacial score (nSPS) is 16.1. The second kappa shape index (κ2) is 7.55. The molecule has 1 fully saturated rings. The van der Waals surface area contributed by atoms with Gasteiger partial charge in [0.1, 0.15) is 17.4 Å². The van der Waals surface area contributed by atoms with E-state index in [2.05, 4.69) is 24.8 Å². The molecule has 156 valence electrons. The number of anilines is 1. The summed E-state index contributed by atoms with van der Waals surface area (Å²) in [6.45, 7) is 0.810. The third-order valence-electron chi connectivity index (χ3n) is 5.63. The summed E-state index contributed by atoms with van der Waals surface area (Å²) in [7, 11) is 0. The number of rotatable bonds is 3. The fourth-order valence-corrected chi connectivity index (χ4v) is 4.30. The Hall–Kier alpha value is -3.66. The minimum Gasteiger partial charge on any atom is -0.344 e. The zero-order valence-corrected chi connectivity index (χ0v) is 17.5. The average molecular weight is 433 g/mol. The number of hydrogen-bond donors (Lipinski definition) is 1. The van der Waals surface area contributed by atoms with Gasteiger partial charge in [-0.3, -0.25) is 9.36 Å². The molecule has 0 unspecified atom stereocenters. The highest BCUT2D eigenvalue weighted by atomic mass is 32.1. The Morgan fingerprint density at radius 1 is 1.03 bits per heavy atom. The van der Waals surface area contributed by atoms with Crippen molar-refractivity contribution in [2.24, 2.45) is 0 Å². The second-order valence-electron chi connectivity index (χ2n) is 7.32. The molecule has 0 spiro atoms.